The summed E-state index contributed by atoms with van der Waals surface area (Å²) in [5, 5.41) is 13.9. The summed E-state index contributed by atoms with van der Waals surface area (Å²) in [7, 11) is 1.27. The lowest BCUT2D eigenvalue weighted by Gasteiger charge is -2.29. The number of nitrogens with one attached hydrogen (secondary N) is 1. The average Bonchev–Trinajstić information content (AvgIpc) is 3.26. The van der Waals surface area contributed by atoms with Gasteiger partial charge in [0.05, 0.1) is 39.9 Å². The van der Waals surface area contributed by atoms with Crippen molar-refractivity contribution in [3.8, 4) is 0 Å². The van der Waals surface area contributed by atoms with E-state index in [9.17, 15) is 19.4 Å². The van der Waals surface area contributed by atoms with Crippen molar-refractivity contribution in [3.63, 3.8) is 0 Å². The Balaban J connectivity index is 4.12. The third kappa shape index (κ3) is 50.7. The number of nitrogens with zero attached hydrogens (tertiary/aromatic N) is 1. The minimum atomic E-state index is -4.59. The first-order valence-electron chi connectivity index (χ1n) is 28.2. The lowest BCUT2D eigenvalue weighted by Crippen LogP contribution is -2.45. The predicted molar refractivity (Wildman–Crippen MR) is 279 cm³/mol. The molecule has 0 spiro atoms. The van der Waals surface area contributed by atoms with Crippen LogP contribution in [0.1, 0.15) is 277 Å². The Kier molecular flexibility index (Phi) is 47.3. The lowest BCUT2D eigenvalue weighted by molar-refractivity contribution is -0.870. The van der Waals surface area contributed by atoms with Gasteiger partial charge in [-0.05, 0) is 44.9 Å². The number of phosphoric ester groups is 1. The Morgan fingerprint density at radius 3 is 1.20 bits per heavy atom. The van der Waals surface area contributed by atoms with E-state index in [1.54, 1.807) is 6.08 Å². The standard InChI is InChI=1S/C56H111N2O6P/c1-6-8-10-12-14-16-18-20-22-23-24-25-26-27-28-29-30-31-32-33-34-36-38-40-42-44-46-48-50-56(60)57-54(53-64-65(61,62)63-52-51-58(3,4)5)55(59)49-47-45-43-41-39-37-35-21-19-17-15-13-11-9-7-2/h27-28,47,49,54-55,59H,6-26,29-46,48,50-53H2,1-5H3,(H-,57,60,61,62)/b28-27-,49-47+. The van der Waals surface area contributed by atoms with Gasteiger partial charge in [0, 0.05) is 6.42 Å². The van der Waals surface area contributed by atoms with Gasteiger partial charge in [-0.25, -0.2) is 0 Å². The van der Waals surface area contributed by atoms with E-state index in [0.717, 1.165) is 38.5 Å². The molecule has 0 heterocycles. The van der Waals surface area contributed by atoms with Crippen LogP contribution >= 0.6 is 7.82 Å². The van der Waals surface area contributed by atoms with Gasteiger partial charge in [-0.3, -0.25) is 9.36 Å². The van der Waals surface area contributed by atoms with E-state index in [-0.39, 0.29) is 19.1 Å². The summed E-state index contributed by atoms with van der Waals surface area (Å²) < 4.78 is 23.3. The zero-order valence-electron chi connectivity index (χ0n) is 44.0. The number of amides is 1. The Morgan fingerprint density at radius 1 is 0.523 bits per heavy atom. The molecule has 0 aromatic carbocycles. The van der Waals surface area contributed by atoms with E-state index in [4.69, 9.17) is 9.05 Å². The van der Waals surface area contributed by atoms with Crippen LogP contribution in [-0.4, -0.2) is 68.5 Å². The van der Waals surface area contributed by atoms with E-state index in [1.165, 1.54) is 218 Å². The summed E-state index contributed by atoms with van der Waals surface area (Å²) in [6.07, 6.45) is 59.7. The molecule has 0 saturated carbocycles. The van der Waals surface area contributed by atoms with Crippen molar-refractivity contribution in [1.29, 1.82) is 0 Å². The molecule has 0 aliphatic rings. The Hall–Kier alpha value is -1.02. The molecule has 0 aliphatic carbocycles. The number of carbonyl (C=O) groups is 1. The van der Waals surface area contributed by atoms with E-state index in [1.807, 2.05) is 27.2 Å². The van der Waals surface area contributed by atoms with Crippen molar-refractivity contribution >= 4 is 13.7 Å². The molecule has 0 radical (unpaired) electrons. The topological polar surface area (TPSA) is 108 Å². The van der Waals surface area contributed by atoms with Crippen molar-refractivity contribution < 1.29 is 32.9 Å². The van der Waals surface area contributed by atoms with Crippen molar-refractivity contribution in [2.45, 2.75) is 289 Å². The molecule has 386 valence electrons. The number of aliphatic hydroxyl groups is 1. The molecule has 0 fully saturated rings. The lowest BCUT2D eigenvalue weighted by atomic mass is 10.0. The fraction of sp³-hybridized carbons (Fsp3) is 0.911. The highest BCUT2D eigenvalue weighted by molar-refractivity contribution is 7.45. The van der Waals surface area contributed by atoms with Gasteiger partial charge in [0.1, 0.15) is 13.2 Å². The van der Waals surface area contributed by atoms with Crippen LogP contribution in [0.2, 0.25) is 0 Å². The second-order valence-corrected chi connectivity index (χ2v) is 22.1. The molecule has 2 N–H and O–H groups in total. The SMILES string of the molecule is CCCCCCCCCCCCCC/C=C\CCCCCCCCCCCCCCC(=O)NC(COP(=O)([O-])OCC[N+](C)(C)C)C(O)/C=C/CCCCCCCCCCCCCCC. The van der Waals surface area contributed by atoms with Crippen LogP contribution in [0.5, 0.6) is 0 Å². The summed E-state index contributed by atoms with van der Waals surface area (Å²) >= 11 is 0. The maximum absolute atomic E-state index is 12.9. The molecule has 0 aliphatic heterocycles. The van der Waals surface area contributed by atoms with Crippen LogP contribution in [-0.2, 0) is 18.4 Å². The second kappa shape index (κ2) is 48.0. The van der Waals surface area contributed by atoms with Crippen LogP contribution in [0, 0.1) is 0 Å². The van der Waals surface area contributed by atoms with E-state index >= 15 is 0 Å². The van der Waals surface area contributed by atoms with Crippen molar-refractivity contribution in [2.75, 3.05) is 40.9 Å². The van der Waals surface area contributed by atoms with Gasteiger partial charge >= 0.3 is 0 Å². The Labute approximate surface area is 404 Å². The molecule has 8 nitrogen and oxygen atoms in total. The van der Waals surface area contributed by atoms with E-state index < -0.39 is 20.0 Å². The molecular weight excluding hydrogens is 828 g/mol. The Morgan fingerprint density at radius 2 is 0.846 bits per heavy atom. The fourth-order valence-electron chi connectivity index (χ4n) is 8.44. The number of carbonyl (C=O) groups excluding carboxylic acids is 1. The highest BCUT2D eigenvalue weighted by atomic mass is 31.2. The first-order valence-corrected chi connectivity index (χ1v) is 29.7. The fourth-order valence-corrected chi connectivity index (χ4v) is 9.17. The number of aliphatic hydroxyl groups excluding tert-OH is 1. The maximum atomic E-state index is 12.9. The summed E-state index contributed by atoms with van der Waals surface area (Å²) in [5.74, 6) is -0.194. The second-order valence-electron chi connectivity index (χ2n) is 20.6. The normalized spacial score (nSPS) is 14.1. The number of unbranched alkanes of at least 4 members (excludes halogenated alkanes) is 37. The van der Waals surface area contributed by atoms with Gasteiger partial charge in [0.25, 0.3) is 7.82 Å². The molecule has 0 aromatic heterocycles. The number of rotatable bonds is 52. The molecule has 0 saturated heterocycles. The molecule has 3 unspecified atom stereocenters. The molecule has 65 heavy (non-hydrogen) atoms. The summed E-state index contributed by atoms with van der Waals surface area (Å²) in [6.45, 7) is 4.68. The largest absolute Gasteiger partial charge is 0.756 e. The number of quaternary nitrogens is 1. The number of hydrogen-bond acceptors (Lipinski definition) is 6. The average molecular weight is 939 g/mol. The summed E-state index contributed by atoms with van der Waals surface area (Å²) in [5.41, 5.74) is 0. The van der Waals surface area contributed by atoms with Crippen molar-refractivity contribution in [2.24, 2.45) is 0 Å². The Bertz CT molecular complexity index is 1110. The number of likely N-dealkylation sites (N-methyl/N-ethyl adjacent to an activating group) is 1. The van der Waals surface area contributed by atoms with Crippen LogP contribution < -0.4 is 10.2 Å². The van der Waals surface area contributed by atoms with Gasteiger partial charge in [-0.15, -0.1) is 0 Å². The first kappa shape index (κ1) is 64.0. The molecule has 1 amide bonds. The van der Waals surface area contributed by atoms with E-state index in [0.29, 0.717) is 17.4 Å². The van der Waals surface area contributed by atoms with Gasteiger partial charge in [0.15, 0.2) is 0 Å². The third-order valence-corrected chi connectivity index (χ3v) is 13.9. The zero-order valence-corrected chi connectivity index (χ0v) is 44.9. The highest BCUT2D eigenvalue weighted by Gasteiger charge is 2.23. The first-order chi connectivity index (χ1) is 31.5. The van der Waals surface area contributed by atoms with Crippen LogP contribution in [0.3, 0.4) is 0 Å². The smallest absolute Gasteiger partial charge is 0.268 e. The molecular formula is C56H111N2O6P. The monoisotopic (exact) mass is 939 g/mol. The minimum Gasteiger partial charge on any atom is -0.756 e. The zero-order chi connectivity index (χ0) is 47.8. The van der Waals surface area contributed by atoms with Gasteiger partial charge < -0.3 is 28.8 Å². The summed E-state index contributed by atoms with van der Waals surface area (Å²) in [6, 6.07) is -0.884. The molecule has 9 heteroatoms. The van der Waals surface area contributed by atoms with Gasteiger partial charge in [-0.2, -0.15) is 0 Å². The van der Waals surface area contributed by atoms with Crippen LogP contribution in [0.4, 0.5) is 0 Å². The number of phosphoric acid groups is 1. The van der Waals surface area contributed by atoms with E-state index in [2.05, 4.69) is 31.3 Å². The number of hydrogen-bond donors (Lipinski definition) is 2. The number of allylic oxidation sites excluding steroid dienone is 3. The maximum Gasteiger partial charge on any atom is 0.268 e. The van der Waals surface area contributed by atoms with Gasteiger partial charge in [-0.1, -0.05) is 250 Å². The minimum absolute atomic E-state index is 0.000703. The molecule has 0 rings (SSSR count). The molecule has 0 bridgehead atoms. The van der Waals surface area contributed by atoms with Crippen LogP contribution in [0.25, 0.3) is 0 Å². The predicted octanol–water partition coefficient (Wildman–Crippen LogP) is 16.2. The van der Waals surface area contributed by atoms with Crippen molar-refractivity contribution in [3.05, 3.63) is 24.3 Å². The van der Waals surface area contributed by atoms with Crippen LogP contribution in [0.15, 0.2) is 24.3 Å². The quantitative estimate of drug-likeness (QED) is 0.0272. The highest BCUT2D eigenvalue weighted by Crippen LogP contribution is 2.38. The molecule has 0 aromatic rings. The van der Waals surface area contributed by atoms with Crippen molar-refractivity contribution in [1.82, 2.24) is 5.32 Å². The third-order valence-electron chi connectivity index (χ3n) is 12.9. The summed E-state index contributed by atoms with van der Waals surface area (Å²) in [4.78, 5) is 25.4. The van der Waals surface area contributed by atoms with Gasteiger partial charge in [0.2, 0.25) is 5.91 Å². The molecule has 3 atom stereocenters.